The average molecular weight is 366 g/mol. The molecule has 0 amide bonds. The molecule has 0 aromatic carbocycles. The van der Waals surface area contributed by atoms with Crippen LogP contribution in [0.4, 0.5) is 0 Å². The summed E-state index contributed by atoms with van der Waals surface area (Å²) in [6, 6.07) is 1.33. The minimum Gasteiger partial charge on any atom is -0.374 e. The third kappa shape index (κ3) is 6.94. The second-order valence-corrected chi connectivity index (χ2v) is 20.5. The van der Waals surface area contributed by atoms with Gasteiger partial charge in [-0.25, -0.2) is 0 Å². The summed E-state index contributed by atoms with van der Waals surface area (Å²) in [6.45, 7) is 25.0. The van der Waals surface area contributed by atoms with Gasteiger partial charge in [0.1, 0.15) is 16.5 Å². The quantitative estimate of drug-likeness (QED) is 0.508. The summed E-state index contributed by atoms with van der Waals surface area (Å²) in [5.74, 6) is 0. The van der Waals surface area contributed by atoms with Crippen LogP contribution >= 0.6 is 0 Å². The Morgan fingerprint density at radius 2 is 1.05 bits per heavy atom. The van der Waals surface area contributed by atoms with E-state index in [4.69, 9.17) is 13.3 Å². The molecule has 0 aromatic rings. The summed E-state index contributed by atoms with van der Waals surface area (Å²) in [6.07, 6.45) is 0. The molecule has 0 fully saturated rings. The molecule has 1 atom stereocenters. The van der Waals surface area contributed by atoms with Crippen LogP contribution in [0.3, 0.4) is 0 Å². The number of rotatable bonds is 11. The van der Waals surface area contributed by atoms with Crippen LogP contribution in [-0.4, -0.2) is 55.4 Å². The van der Waals surface area contributed by atoms with E-state index in [1.54, 1.807) is 0 Å². The third-order valence-corrected chi connectivity index (χ3v) is 14.6. The van der Waals surface area contributed by atoms with Gasteiger partial charge in [-0.15, -0.1) is 0 Å². The van der Waals surface area contributed by atoms with Crippen molar-refractivity contribution in [2.75, 3.05) is 19.8 Å². The van der Waals surface area contributed by atoms with E-state index in [0.717, 1.165) is 6.04 Å². The molecule has 0 saturated carbocycles. The van der Waals surface area contributed by atoms with E-state index in [-0.39, 0.29) is 0 Å². The van der Waals surface area contributed by atoms with Crippen LogP contribution < -0.4 is 0 Å². The highest BCUT2D eigenvalue weighted by atomic mass is 28.4. The zero-order valence-electron chi connectivity index (χ0n) is 16.6. The van der Waals surface area contributed by atoms with Crippen molar-refractivity contribution in [3.63, 3.8) is 0 Å². The fraction of sp³-hybridized carbons (Fsp3) is 1.00. The molecule has 0 rings (SSSR count). The summed E-state index contributed by atoms with van der Waals surface area (Å²) in [5, 5.41) is 0. The third-order valence-electron chi connectivity index (χ3n) is 3.52. The van der Waals surface area contributed by atoms with Gasteiger partial charge < -0.3 is 17.5 Å². The Kier molecular flexibility index (Phi) is 9.30. The zero-order chi connectivity index (χ0) is 17.6. The van der Waals surface area contributed by atoms with Gasteiger partial charge in [0.2, 0.25) is 0 Å². The Bertz CT molecular complexity index is 285. The molecule has 0 saturated heterocycles. The maximum absolute atomic E-state index is 6.06. The van der Waals surface area contributed by atoms with Crippen LogP contribution in [0, 0.1) is 0 Å². The van der Waals surface area contributed by atoms with Crippen LogP contribution in [0.1, 0.15) is 27.7 Å². The molecule has 1 unspecified atom stereocenters. The second kappa shape index (κ2) is 9.10. The molecule has 134 valence electrons. The number of nitrogens with zero attached hydrogens (tertiary/aromatic N) is 1. The molecule has 0 bridgehead atoms. The van der Waals surface area contributed by atoms with E-state index in [1.807, 2.05) is 20.8 Å². The van der Waals surface area contributed by atoms with E-state index in [1.165, 1.54) is 0 Å². The van der Waals surface area contributed by atoms with Crippen molar-refractivity contribution in [2.45, 2.75) is 79.1 Å². The van der Waals surface area contributed by atoms with Gasteiger partial charge in [0.25, 0.3) is 0 Å². The Labute approximate surface area is 142 Å². The lowest BCUT2D eigenvalue weighted by Gasteiger charge is -2.49. The standard InChI is InChI=1S/C15H39NO3Si3/c1-11-17-22(18-12-2,19-13-3)14-15(4)16(20(5,6)7)21(8,9)10/h15H,11-14H2,1-10H3. The lowest BCUT2D eigenvalue weighted by molar-refractivity contribution is 0.0680. The zero-order valence-corrected chi connectivity index (χ0v) is 19.6. The van der Waals surface area contributed by atoms with E-state index in [9.17, 15) is 0 Å². The maximum Gasteiger partial charge on any atom is 0.502 e. The molecule has 0 spiro atoms. The van der Waals surface area contributed by atoms with Gasteiger partial charge in [0.05, 0.1) is 0 Å². The molecular weight excluding hydrogens is 326 g/mol. The maximum atomic E-state index is 6.06. The predicted octanol–water partition coefficient (Wildman–Crippen LogP) is 4.40. The van der Waals surface area contributed by atoms with Gasteiger partial charge >= 0.3 is 8.80 Å². The Hall–Kier alpha value is 0.491. The first kappa shape index (κ1) is 22.5. The smallest absolute Gasteiger partial charge is 0.374 e. The highest BCUT2D eigenvalue weighted by molar-refractivity contribution is 6.89. The minimum absolute atomic E-state index is 0.439. The first-order valence-electron chi connectivity index (χ1n) is 8.64. The summed E-state index contributed by atoms with van der Waals surface area (Å²) in [4.78, 5) is 0. The Morgan fingerprint density at radius 3 is 1.27 bits per heavy atom. The monoisotopic (exact) mass is 365 g/mol. The Morgan fingerprint density at radius 1 is 0.727 bits per heavy atom. The van der Waals surface area contributed by atoms with Gasteiger partial charge in [0, 0.05) is 25.9 Å². The highest BCUT2D eigenvalue weighted by Gasteiger charge is 2.46. The predicted molar refractivity (Wildman–Crippen MR) is 103 cm³/mol. The van der Waals surface area contributed by atoms with Crippen molar-refractivity contribution in [2.24, 2.45) is 0 Å². The Balaban J connectivity index is 5.39. The molecular formula is C15H39NO3Si3. The van der Waals surface area contributed by atoms with Gasteiger partial charge in [0.15, 0.2) is 0 Å². The molecule has 0 aliphatic carbocycles. The summed E-state index contributed by atoms with van der Waals surface area (Å²) >= 11 is 0. The van der Waals surface area contributed by atoms with Gasteiger partial charge in [-0.2, -0.15) is 0 Å². The van der Waals surface area contributed by atoms with Crippen molar-refractivity contribution in [1.82, 2.24) is 4.23 Å². The van der Waals surface area contributed by atoms with E-state index in [0.29, 0.717) is 25.9 Å². The molecule has 7 heteroatoms. The topological polar surface area (TPSA) is 30.9 Å². The van der Waals surface area contributed by atoms with Crippen LogP contribution in [0.2, 0.25) is 45.3 Å². The SMILES string of the molecule is CCO[Si](CC(C)N([Si](C)(C)C)[Si](C)(C)C)(OCC)OCC. The summed E-state index contributed by atoms with van der Waals surface area (Å²) < 4.78 is 21.0. The molecule has 22 heavy (non-hydrogen) atoms. The largest absolute Gasteiger partial charge is 0.502 e. The van der Waals surface area contributed by atoms with Gasteiger partial charge in [-0.3, -0.25) is 0 Å². The van der Waals surface area contributed by atoms with Crippen molar-refractivity contribution < 1.29 is 13.3 Å². The van der Waals surface area contributed by atoms with Gasteiger partial charge in [-0.05, 0) is 26.8 Å². The fourth-order valence-corrected chi connectivity index (χ4v) is 17.8. The molecule has 0 radical (unpaired) electrons. The van der Waals surface area contributed by atoms with Crippen LogP contribution in [0.5, 0.6) is 0 Å². The van der Waals surface area contributed by atoms with Gasteiger partial charge in [-0.1, -0.05) is 46.2 Å². The molecule has 0 aromatic heterocycles. The normalized spacial score (nSPS) is 15.4. The number of hydrogen-bond acceptors (Lipinski definition) is 4. The van der Waals surface area contributed by atoms with Crippen molar-refractivity contribution in [3.05, 3.63) is 0 Å². The minimum atomic E-state index is -2.58. The lowest BCUT2D eigenvalue weighted by atomic mass is 10.4. The lowest BCUT2D eigenvalue weighted by Crippen LogP contribution is -2.64. The van der Waals surface area contributed by atoms with Crippen molar-refractivity contribution in [3.8, 4) is 0 Å². The van der Waals surface area contributed by atoms with Crippen molar-refractivity contribution in [1.29, 1.82) is 0 Å². The molecule has 0 aliphatic heterocycles. The van der Waals surface area contributed by atoms with Crippen molar-refractivity contribution >= 4 is 25.3 Å². The first-order chi connectivity index (χ1) is 9.93. The molecule has 0 heterocycles. The van der Waals surface area contributed by atoms with Crippen LogP contribution in [0.15, 0.2) is 0 Å². The summed E-state index contributed by atoms with van der Waals surface area (Å²) in [5.41, 5.74) is 0. The molecule has 4 nitrogen and oxygen atoms in total. The average Bonchev–Trinajstić information content (AvgIpc) is 2.24. The second-order valence-electron chi connectivity index (χ2n) is 7.75. The fourth-order valence-electron chi connectivity index (χ4n) is 3.74. The van der Waals surface area contributed by atoms with Crippen LogP contribution in [-0.2, 0) is 13.3 Å². The van der Waals surface area contributed by atoms with E-state index in [2.05, 4.69) is 50.4 Å². The summed E-state index contributed by atoms with van der Waals surface area (Å²) in [7, 11) is -5.38. The number of hydrogen-bond donors (Lipinski definition) is 0. The van der Waals surface area contributed by atoms with E-state index >= 15 is 0 Å². The molecule has 0 N–H and O–H groups in total. The first-order valence-corrected chi connectivity index (χ1v) is 17.5. The molecule has 0 aliphatic rings. The van der Waals surface area contributed by atoms with E-state index < -0.39 is 25.3 Å². The highest BCUT2D eigenvalue weighted by Crippen LogP contribution is 2.29. The van der Waals surface area contributed by atoms with Crippen LogP contribution in [0.25, 0.3) is 0 Å².